The monoisotopic (exact) mass is 422 g/mol. The van der Waals surface area contributed by atoms with E-state index in [0.29, 0.717) is 32.6 Å². The average molecular weight is 423 g/mol. The van der Waals surface area contributed by atoms with Gasteiger partial charge in [0.1, 0.15) is 6.54 Å². The van der Waals surface area contributed by atoms with Crippen LogP contribution in [0.5, 0.6) is 0 Å². The van der Waals surface area contributed by atoms with E-state index >= 15 is 0 Å². The number of thiophene rings is 1. The summed E-state index contributed by atoms with van der Waals surface area (Å²) in [6.07, 6.45) is 4.07. The van der Waals surface area contributed by atoms with Gasteiger partial charge in [0.05, 0.1) is 5.92 Å². The van der Waals surface area contributed by atoms with Gasteiger partial charge in [-0.2, -0.15) is 5.10 Å². The average Bonchev–Trinajstić information content (AvgIpc) is 3.44. The third kappa shape index (κ3) is 4.46. The van der Waals surface area contributed by atoms with Gasteiger partial charge >= 0.3 is 0 Å². The van der Waals surface area contributed by atoms with Crippen molar-refractivity contribution in [1.29, 1.82) is 0 Å². The highest BCUT2D eigenvalue weighted by Crippen LogP contribution is 2.30. The summed E-state index contributed by atoms with van der Waals surface area (Å²) >= 11 is 1.70. The second kappa shape index (κ2) is 9.26. The molecule has 1 aliphatic heterocycles. The molecule has 4 rings (SSSR count). The highest BCUT2D eigenvalue weighted by Gasteiger charge is 2.32. The smallest absolute Gasteiger partial charge is 0.244 e. The zero-order valence-corrected chi connectivity index (χ0v) is 17.9. The Kier molecular flexibility index (Phi) is 6.28. The van der Waals surface area contributed by atoms with Crippen molar-refractivity contribution < 1.29 is 9.59 Å². The van der Waals surface area contributed by atoms with Gasteiger partial charge in [0.25, 0.3) is 0 Å². The number of benzene rings is 1. The van der Waals surface area contributed by atoms with Crippen molar-refractivity contribution in [3.05, 3.63) is 65.8 Å². The molecule has 1 aliphatic rings. The van der Waals surface area contributed by atoms with E-state index in [1.807, 2.05) is 41.0 Å². The highest BCUT2D eigenvalue weighted by molar-refractivity contribution is 7.13. The quantitative estimate of drug-likeness (QED) is 0.613. The molecule has 1 aromatic carbocycles. The van der Waals surface area contributed by atoms with Gasteiger partial charge in [0.15, 0.2) is 0 Å². The van der Waals surface area contributed by atoms with Crippen LogP contribution < -0.4 is 0 Å². The van der Waals surface area contributed by atoms with Crippen LogP contribution in [0.4, 0.5) is 0 Å². The molecule has 6 nitrogen and oxygen atoms in total. The minimum atomic E-state index is -0.255. The molecule has 7 heteroatoms. The van der Waals surface area contributed by atoms with Crippen molar-refractivity contribution in [1.82, 2.24) is 19.6 Å². The van der Waals surface area contributed by atoms with E-state index in [1.165, 1.54) is 10.4 Å². The standard InChI is InChI=1S/C23H26N4O2S/c1-2-25-12-13-26(22(28)17-27-11-6-10-24-27)16-19(23(25)29)15-18-7-3-4-8-20(18)21-9-5-14-30-21/h3-11,14,19H,2,12-13,15-17H2,1H3. The van der Waals surface area contributed by atoms with Crippen LogP contribution in [0.1, 0.15) is 12.5 Å². The van der Waals surface area contributed by atoms with E-state index < -0.39 is 0 Å². The largest absolute Gasteiger partial charge is 0.341 e. The fourth-order valence-electron chi connectivity index (χ4n) is 4.01. The Bertz CT molecular complexity index is 985. The summed E-state index contributed by atoms with van der Waals surface area (Å²) in [6, 6.07) is 14.2. The van der Waals surface area contributed by atoms with Crippen LogP contribution in [0.2, 0.25) is 0 Å². The van der Waals surface area contributed by atoms with Crippen LogP contribution in [0.15, 0.2) is 60.2 Å². The SMILES string of the molecule is CCN1CCN(C(=O)Cn2cccn2)CC(Cc2ccccc2-c2cccs2)C1=O. The van der Waals surface area contributed by atoms with E-state index in [0.717, 1.165) is 5.56 Å². The summed E-state index contributed by atoms with van der Waals surface area (Å²) < 4.78 is 1.63. The Morgan fingerprint density at radius 2 is 2.03 bits per heavy atom. The van der Waals surface area contributed by atoms with E-state index in [2.05, 4.69) is 28.7 Å². The van der Waals surface area contributed by atoms with E-state index in [9.17, 15) is 9.59 Å². The summed E-state index contributed by atoms with van der Waals surface area (Å²) in [5, 5.41) is 6.21. The van der Waals surface area contributed by atoms with Crippen molar-refractivity contribution in [3.8, 4) is 10.4 Å². The number of likely N-dealkylation sites (N-methyl/N-ethyl adjacent to an activating group) is 1. The van der Waals surface area contributed by atoms with Gasteiger partial charge in [-0.25, -0.2) is 0 Å². The number of carbonyl (C=O) groups is 2. The second-order valence-electron chi connectivity index (χ2n) is 7.50. The number of carbonyl (C=O) groups excluding carboxylic acids is 2. The maximum absolute atomic E-state index is 13.2. The van der Waals surface area contributed by atoms with Gasteiger partial charge in [0, 0.05) is 43.4 Å². The molecule has 3 aromatic rings. The zero-order valence-electron chi connectivity index (χ0n) is 17.1. The van der Waals surface area contributed by atoms with Crippen molar-refractivity contribution in [2.45, 2.75) is 19.9 Å². The maximum atomic E-state index is 13.2. The van der Waals surface area contributed by atoms with Crippen molar-refractivity contribution in [2.24, 2.45) is 5.92 Å². The topological polar surface area (TPSA) is 58.4 Å². The molecule has 2 aromatic heterocycles. The number of aromatic nitrogens is 2. The van der Waals surface area contributed by atoms with Gasteiger partial charge in [-0.1, -0.05) is 30.3 Å². The van der Waals surface area contributed by atoms with Gasteiger partial charge in [-0.15, -0.1) is 11.3 Å². The highest BCUT2D eigenvalue weighted by atomic mass is 32.1. The molecule has 0 radical (unpaired) electrons. The summed E-state index contributed by atoms with van der Waals surface area (Å²) in [5.74, 6) is -0.121. The maximum Gasteiger partial charge on any atom is 0.244 e. The molecular formula is C23H26N4O2S. The normalized spacial score (nSPS) is 17.2. The lowest BCUT2D eigenvalue weighted by Crippen LogP contribution is -2.39. The second-order valence-corrected chi connectivity index (χ2v) is 8.44. The van der Waals surface area contributed by atoms with Gasteiger partial charge in [0.2, 0.25) is 11.8 Å². The van der Waals surface area contributed by atoms with E-state index in [-0.39, 0.29) is 24.3 Å². The molecule has 0 spiro atoms. The first-order valence-corrected chi connectivity index (χ1v) is 11.2. The van der Waals surface area contributed by atoms with Gasteiger partial charge in [-0.05, 0) is 42.0 Å². The molecule has 1 saturated heterocycles. The Hall–Kier alpha value is -2.93. The van der Waals surface area contributed by atoms with Crippen LogP contribution in [-0.2, 0) is 22.6 Å². The number of nitrogens with zero attached hydrogens (tertiary/aromatic N) is 4. The third-order valence-corrected chi connectivity index (χ3v) is 6.51. The van der Waals surface area contributed by atoms with Crippen LogP contribution in [0.25, 0.3) is 10.4 Å². The molecule has 156 valence electrons. The molecular weight excluding hydrogens is 396 g/mol. The molecule has 2 amide bonds. The first-order chi connectivity index (χ1) is 14.7. The summed E-state index contributed by atoms with van der Waals surface area (Å²) in [6.45, 7) is 4.42. The first kappa shape index (κ1) is 20.3. The molecule has 3 heterocycles. The van der Waals surface area contributed by atoms with Gasteiger partial charge in [-0.3, -0.25) is 14.3 Å². The fourth-order valence-corrected chi connectivity index (χ4v) is 4.79. The molecule has 0 aliphatic carbocycles. The zero-order chi connectivity index (χ0) is 20.9. The molecule has 0 saturated carbocycles. The summed E-state index contributed by atoms with van der Waals surface area (Å²) in [5.41, 5.74) is 2.32. The van der Waals surface area contributed by atoms with Crippen LogP contribution in [-0.4, -0.2) is 57.6 Å². The number of hydrogen-bond donors (Lipinski definition) is 0. The predicted molar refractivity (Wildman–Crippen MR) is 118 cm³/mol. The summed E-state index contributed by atoms with van der Waals surface area (Å²) in [7, 11) is 0. The van der Waals surface area contributed by atoms with Crippen molar-refractivity contribution in [3.63, 3.8) is 0 Å². The lowest BCUT2D eigenvalue weighted by Gasteiger charge is -2.24. The number of hydrogen-bond acceptors (Lipinski definition) is 4. The third-order valence-electron chi connectivity index (χ3n) is 5.60. The molecule has 0 N–H and O–H groups in total. The number of rotatable bonds is 6. The van der Waals surface area contributed by atoms with Crippen LogP contribution in [0, 0.1) is 5.92 Å². The number of amides is 2. The minimum Gasteiger partial charge on any atom is -0.341 e. The predicted octanol–water partition coefficient (Wildman–Crippen LogP) is 3.16. The van der Waals surface area contributed by atoms with Crippen molar-refractivity contribution >= 4 is 23.2 Å². The van der Waals surface area contributed by atoms with E-state index in [1.54, 1.807) is 28.4 Å². The minimum absolute atomic E-state index is 0.000921. The molecule has 1 unspecified atom stereocenters. The molecule has 0 bridgehead atoms. The Labute approximate surface area is 180 Å². The molecule has 30 heavy (non-hydrogen) atoms. The van der Waals surface area contributed by atoms with Crippen LogP contribution in [0.3, 0.4) is 0 Å². The summed E-state index contributed by atoms with van der Waals surface area (Å²) in [4.78, 5) is 31.0. The lowest BCUT2D eigenvalue weighted by molar-refractivity contribution is -0.135. The van der Waals surface area contributed by atoms with E-state index in [4.69, 9.17) is 0 Å². The lowest BCUT2D eigenvalue weighted by atomic mass is 9.93. The van der Waals surface area contributed by atoms with Crippen LogP contribution >= 0.6 is 11.3 Å². The molecule has 1 fully saturated rings. The van der Waals surface area contributed by atoms with Crippen molar-refractivity contribution in [2.75, 3.05) is 26.2 Å². The van der Waals surface area contributed by atoms with Gasteiger partial charge < -0.3 is 9.80 Å². The first-order valence-electron chi connectivity index (χ1n) is 10.3. The molecule has 1 atom stereocenters. The Balaban J connectivity index is 1.57. The Morgan fingerprint density at radius 3 is 2.77 bits per heavy atom. The fraction of sp³-hybridized carbons (Fsp3) is 0.348. The Morgan fingerprint density at radius 1 is 1.17 bits per heavy atom.